The molecule has 0 aromatic rings. The molecule has 0 aliphatic carbocycles. The molecule has 1 rings (SSSR count). The maximum Gasteiger partial charge on any atom is 0.326 e. The van der Waals surface area contributed by atoms with Crippen LogP contribution in [0, 0.1) is 11.8 Å². The number of hydrogen-bond acceptors (Lipinski definition) is 4. The van der Waals surface area contributed by atoms with E-state index in [-0.39, 0.29) is 36.7 Å². The van der Waals surface area contributed by atoms with Gasteiger partial charge in [-0.3, -0.25) is 9.59 Å². The summed E-state index contributed by atoms with van der Waals surface area (Å²) in [6, 6.07) is -1.06. The highest BCUT2D eigenvalue weighted by molar-refractivity contribution is 5.85. The van der Waals surface area contributed by atoms with Crippen molar-refractivity contribution in [3.05, 3.63) is 0 Å². The molecule has 1 saturated heterocycles. The van der Waals surface area contributed by atoms with E-state index in [1.807, 2.05) is 13.8 Å². The molecule has 120 valence electrons. The smallest absolute Gasteiger partial charge is 0.326 e. The van der Waals surface area contributed by atoms with E-state index in [2.05, 4.69) is 5.32 Å². The molecule has 1 atom stereocenters. The maximum atomic E-state index is 12.0. The summed E-state index contributed by atoms with van der Waals surface area (Å²) < 4.78 is 0. The number of carboxylic acid groups (broad SMARTS) is 1. The van der Waals surface area contributed by atoms with Crippen LogP contribution in [-0.2, 0) is 14.4 Å². The van der Waals surface area contributed by atoms with Crippen LogP contribution in [0.2, 0.25) is 0 Å². The lowest BCUT2D eigenvalue weighted by Gasteiger charge is -2.32. The molecule has 1 fully saturated rings. The van der Waals surface area contributed by atoms with Crippen LogP contribution >= 0.6 is 0 Å². The standard InChI is InChI=1S/C14H24N2O5/c1-9(2)13(19)16-6-3-10(4-7-16)12(18)15-11(5-8-17)14(20)21/h9-11,17H,3-8H2,1-2H3,(H,15,18)(H,20,21)/t11-/m1/s1. The van der Waals surface area contributed by atoms with Crippen LogP contribution in [0.15, 0.2) is 0 Å². The number of nitrogens with zero attached hydrogens (tertiary/aromatic N) is 1. The Bertz CT molecular complexity index is 389. The van der Waals surface area contributed by atoms with Crippen molar-refractivity contribution in [2.45, 2.75) is 39.2 Å². The van der Waals surface area contributed by atoms with Gasteiger partial charge >= 0.3 is 5.97 Å². The van der Waals surface area contributed by atoms with Gasteiger partial charge in [-0.25, -0.2) is 4.79 Å². The predicted molar refractivity (Wildman–Crippen MR) is 75.4 cm³/mol. The van der Waals surface area contributed by atoms with Crippen molar-refractivity contribution in [2.24, 2.45) is 11.8 Å². The molecule has 1 aliphatic heterocycles. The third kappa shape index (κ3) is 5.00. The Hall–Kier alpha value is -1.63. The first-order chi connectivity index (χ1) is 9.86. The van der Waals surface area contributed by atoms with Gasteiger partial charge in [-0.1, -0.05) is 13.8 Å². The second-order valence-corrected chi connectivity index (χ2v) is 5.67. The lowest BCUT2D eigenvalue weighted by atomic mass is 9.94. The van der Waals surface area contributed by atoms with Crippen molar-refractivity contribution >= 4 is 17.8 Å². The maximum absolute atomic E-state index is 12.0. The first kappa shape index (κ1) is 17.4. The van der Waals surface area contributed by atoms with Crippen molar-refractivity contribution in [3.8, 4) is 0 Å². The van der Waals surface area contributed by atoms with Crippen LogP contribution in [0.5, 0.6) is 0 Å². The molecular weight excluding hydrogens is 276 g/mol. The molecule has 0 bridgehead atoms. The second-order valence-electron chi connectivity index (χ2n) is 5.67. The summed E-state index contributed by atoms with van der Waals surface area (Å²) in [5.41, 5.74) is 0. The number of likely N-dealkylation sites (tertiary alicyclic amines) is 1. The fourth-order valence-corrected chi connectivity index (χ4v) is 2.40. The zero-order valence-corrected chi connectivity index (χ0v) is 12.5. The Morgan fingerprint density at radius 1 is 1.24 bits per heavy atom. The van der Waals surface area contributed by atoms with Crippen LogP contribution in [0.3, 0.4) is 0 Å². The molecule has 2 amide bonds. The van der Waals surface area contributed by atoms with Crippen LogP contribution in [0.4, 0.5) is 0 Å². The molecule has 0 unspecified atom stereocenters. The second kappa shape index (κ2) is 7.97. The van der Waals surface area contributed by atoms with Crippen LogP contribution < -0.4 is 5.32 Å². The first-order valence-electron chi connectivity index (χ1n) is 7.29. The number of rotatable bonds is 6. The number of amides is 2. The van der Waals surface area contributed by atoms with Gasteiger partial charge < -0.3 is 20.4 Å². The van der Waals surface area contributed by atoms with E-state index in [1.54, 1.807) is 4.90 Å². The summed E-state index contributed by atoms with van der Waals surface area (Å²) in [7, 11) is 0. The number of piperidine rings is 1. The van der Waals surface area contributed by atoms with Crippen molar-refractivity contribution in [3.63, 3.8) is 0 Å². The third-order valence-corrected chi connectivity index (χ3v) is 3.70. The zero-order valence-electron chi connectivity index (χ0n) is 12.5. The molecule has 7 heteroatoms. The minimum Gasteiger partial charge on any atom is -0.480 e. The summed E-state index contributed by atoms with van der Waals surface area (Å²) in [5.74, 6) is -1.71. The fraction of sp³-hybridized carbons (Fsp3) is 0.786. The van der Waals surface area contributed by atoms with Gasteiger partial charge in [-0.05, 0) is 12.8 Å². The Morgan fingerprint density at radius 3 is 2.24 bits per heavy atom. The SMILES string of the molecule is CC(C)C(=O)N1CCC(C(=O)N[C@H](CCO)C(=O)O)CC1. The molecule has 1 aliphatic rings. The van der Waals surface area contributed by atoms with Crippen LogP contribution in [0.1, 0.15) is 33.1 Å². The lowest BCUT2D eigenvalue weighted by Crippen LogP contribution is -2.48. The van der Waals surface area contributed by atoms with Crippen molar-refractivity contribution in [1.29, 1.82) is 0 Å². The average molecular weight is 300 g/mol. The summed E-state index contributed by atoms with van der Waals surface area (Å²) in [6.07, 6.45) is 1.07. The summed E-state index contributed by atoms with van der Waals surface area (Å²) >= 11 is 0. The third-order valence-electron chi connectivity index (χ3n) is 3.70. The van der Waals surface area contributed by atoms with Gasteiger partial charge in [0, 0.05) is 38.0 Å². The molecule has 0 spiro atoms. The van der Waals surface area contributed by atoms with Gasteiger partial charge in [0.25, 0.3) is 0 Å². The highest BCUT2D eigenvalue weighted by atomic mass is 16.4. The van der Waals surface area contributed by atoms with E-state index in [9.17, 15) is 14.4 Å². The quantitative estimate of drug-likeness (QED) is 0.631. The molecule has 1 heterocycles. The van der Waals surface area contributed by atoms with Crippen LogP contribution in [-0.4, -0.2) is 58.6 Å². The Morgan fingerprint density at radius 2 is 1.81 bits per heavy atom. The number of carboxylic acids is 1. The molecule has 21 heavy (non-hydrogen) atoms. The number of hydrogen-bond donors (Lipinski definition) is 3. The largest absolute Gasteiger partial charge is 0.480 e. The summed E-state index contributed by atoms with van der Waals surface area (Å²) in [5, 5.41) is 20.2. The van der Waals surface area contributed by atoms with Gasteiger partial charge in [-0.15, -0.1) is 0 Å². The molecule has 0 saturated carbocycles. The number of carbonyl (C=O) groups excluding carboxylic acids is 2. The Balaban J connectivity index is 2.48. The van der Waals surface area contributed by atoms with Gasteiger partial charge in [0.15, 0.2) is 0 Å². The van der Waals surface area contributed by atoms with Crippen molar-refractivity contribution < 1.29 is 24.6 Å². The number of aliphatic carboxylic acids is 1. The zero-order chi connectivity index (χ0) is 16.0. The van der Waals surface area contributed by atoms with E-state index < -0.39 is 12.0 Å². The van der Waals surface area contributed by atoms with Crippen molar-refractivity contribution in [1.82, 2.24) is 10.2 Å². The van der Waals surface area contributed by atoms with E-state index >= 15 is 0 Å². The number of carbonyl (C=O) groups is 3. The Kier molecular flexibility index (Phi) is 6.61. The van der Waals surface area contributed by atoms with Gasteiger partial charge in [0.05, 0.1) is 0 Å². The van der Waals surface area contributed by atoms with E-state index in [0.717, 1.165) is 0 Å². The van der Waals surface area contributed by atoms with Crippen molar-refractivity contribution in [2.75, 3.05) is 19.7 Å². The average Bonchev–Trinajstić information content (AvgIpc) is 2.45. The van der Waals surface area contributed by atoms with Gasteiger partial charge in [0.2, 0.25) is 11.8 Å². The molecule has 0 aromatic heterocycles. The predicted octanol–water partition coefficient (Wildman–Crippen LogP) is -0.167. The van der Waals surface area contributed by atoms with E-state index in [4.69, 9.17) is 10.2 Å². The molecule has 0 aromatic carbocycles. The first-order valence-corrected chi connectivity index (χ1v) is 7.29. The number of nitrogens with one attached hydrogen (secondary N) is 1. The van der Waals surface area contributed by atoms with Crippen LogP contribution in [0.25, 0.3) is 0 Å². The minimum atomic E-state index is -1.15. The van der Waals surface area contributed by atoms with E-state index in [0.29, 0.717) is 25.9 Å². The normalized spacial score (nSPS) is 17.6. The molecular formula is C14H24N2O5. The highest BCUT2D eigenvalue weighted by Crippen LogP contribution is 2.19. The lowest BCUT2D eigenvalue weighted by molar-refractivity contribution is -0.143. The fourth-order valence-electron chi connectivity index (χ4n) is 2.40. The topological polar surface area (TPSA) is 107 Å². The van der Waals surface area contributed by atoms with E-state index in [1.165, 1.54) is 0 Å². The van der Waals surface area contributed by atoms with Gasteiger partial charge in [0.1, 0.15) is 6.04 Å². The number of aliphatic hydroxyl groups is 1. The highest BCUT2D eigenvalue weighted by Gasteiger charge is 2.30. The molecule has 7 nitrogen and oxygen atoms in total. The molecule has 0 radical (unpaired) electrons. The molecule has 3 N–H and O–H groups in total. The minimum absolute atomic E-state index is 0.00818. The number of aliphatic hydroxyl groups excluding tert-OH is 1. The van der Waals surface area contributed by atoms with Gasteiger partial charge in [-0.2, -0.15) is 0 Å². The summed E-state index contributed by atoms with van der Waals surface area (Å²) in [6.45, 7) is 4.43. The Labute approximate surface area is 124 Å². The monoisotopic (exact) mass is 300 g/mol. The summed E-state index contributed by atoms with van der Waals surface area (Å²) in [4.78, 5) is 36.6.